The molecule has 0 unspecified atom stereocenters. The summed E-state index contributed by atoms with van der Waals surface area (Å²) < 4.78 is 5.86. The summed E-state index contributed by atoms with van der Waals surface area (Å²) in [5.41, 5.74) is 10.3. The van der Waals surface area contributed by atoms with Gasteiger partial charge in [-0.05, 0) is 35.7 Å². The van der Waals surface area contributed by atoms with Crippen molar-refractivity contribution in [1.82, 2.24) is 4.98 Å². The molecule has 0 atom stereocenters. The van der Waals surface area contributed by atoms with Crippen LogP contribution in [0.1, 0.15) is 21.7 Å². The SMILES string of the molecule is Cc1ccccc1COc1ccc(Cc2nccs2)cc1N. The van der Waals surface area contributed by atoms with E-state index in [2.05, 4.69) is 24.0 Å². The Balaban J connectivity index is 1.68. The maximum Gasteiger partial charge on any atom is 0.142 e. The summed E-state index contributed by atoms with van der Waals surface area (Å²) >= 11 is 1.65. The number of hydrogen-bond acceptors (Lipinski definition) is 4. The fourth-order valence-electron chi connectivity index (χ4n) is 2.28. The molecular formula is C18H18N2OS. The number of nitrogens with zero attached hydrogens (tertiary/aromatic N) is 1. The van der Waals surface area contributed by atoms with Crippen LogP contribution in [0.5, 0.6) is 5.75 Å². The Labute approximate surface area is 134 Å². The van der Waals surface area contributed by atoms with E-state index in [9.17, 15) is 0 Å². The molecule has 4 heteroatoms. The van der Waals surface area contributed by atoms with Crippen molar-refractivity contribution in [2.45, 2.75) is 20.0 Å². The number of hydrogen-bond donors (Lipinski definition) is 1. The maximum atomic E-state index is 6.11. The zero-order valence-electron chi connectivity index (χ0n) is 12.5. The lowest BCUT2D eigenvalue weighted by atomic mass is 10.1. The minimum Gasteiger partial charge on any atom is -0.487 e. The van der Waals surface area contributed by atoms with Crippen molar-refractivity contribution in [3.63, 3.8) is 0 Å². The second-order valence-electron chi connectivity index (χ2n) is 5.19. The molecule has 22 heavy (non-hydrogen) atoms. The van der Waals surface area contributed by atoms with Gasteiger partial charge in [-0.3, -0.25) is 0 Å². The van der Waals surface area contributed by atoms with Crippen molar-refractivity contribution < 1.29 is 4.74 Å². The summed E-state index contributed by atoms with van der Waals surface area (Å²) in [5, 5.41) is 3.08. The van der Waals surface area contributed by atoms with Crippen LogP contribution < -0.4 is 10.5 Å². The highest BCUT2D eigenvalue weighted by Gasteiger charge is 2.05. The first-order chi connectivity index (χ1) is 10.7. The number of nitrogen functional groups attached to an aromatic ring is 1. The van der Waals surface area contributed by atoms with Gasteiger partial charge in [0.05, 0.1) is 10.7 Å². The molecule has 112 valence electrons. The molecular weight excluding hydrogens is 292 g/mol. The highest BCUT2D eigenvalue weighted by Crippen LogP contribution is 2.25. The molecule has 0 amide bonds. The zero-order chi connectivity index (χ0) is 15.4. The molecule has 0 saturated carbocycles. The Morgan fingerprint density at radius 2 is 2.05 bits per heavy atom. The van der Waals surface area contributed by atoms with E-state index < -0.39 is 0 Å². The van der Waals surface area contributed by atoms with Crippen molar-refractivity contribution in [3.8, 4) is 5.75 Å². The van der Waals surface area contributed by atoms with Crippen LogP contribution in [0, 0.1) is 6.92 Å². The monoisotopic (exact) mass is 310 g/mol. The van der Waals surface area contributed by atoms with Crippen molar-refractivity contribution in [2.24, 2.45) is 0 Å². The molecule has 0 saturated heterocycles. The lowest BCUT2D eigenvalue weighted by Gasteiger charge is -2.11. The molecule has 0 bridgehead atoms. The second-order valence-corrected chi connectivity index (χ2v) is 6.17. The number of anilines is 1. The summed E-state index contributed by atoms with van der Waals surface area (Å²) in [7, 11) is 0. The van der Waals surface area contributed by atoms with Crippen LogP contribution in [0.15, 0.2) is 54.0 Å². The molecule has 3 rings (SSSR count). The molecule has 3 aromatic rings. The van der Waals surface area contributed by atoms with E-state index in [0.717, 1.165) is 22.7 Å². The minimum atomic E-state index is 0.530. The van der Waals surface area contributed by atoms with Crippen molar-refractivity contribution in [1.29, 1.82) is 0 Å². The molecule has 1 aromatic heterocycles. The average molecular weight is 310 g/mol. The van der Waals surface area contributed by atoms with Crippen LogP contribution in [-0.4, -0.2) is 4.98 Å². The number of rotatable bonds is 5. The zero-order valence-corrected chi connectivity index (χ0v) is 13.3. The molecule has 2 aromatic carbocycles. The molecule has 2 N–H and O–H groups in total. The van der Waals surface area contributed by atoms with Crippen molar-refractivity contribution in [3.05, 3.63) is 75.7 Å². The van der Waals surface area contributed by atoms with Gasteiger partial charge in [-0.15, -0.1) is 11.3 Å². The Morgan fingerprint density at radius 3 is 2.77 bits per heavy atom. The van der Waals surface area contributed by atoms with Crippen LogP contribution >= 0.6 is 11.3 Å². The predicted octanol–water partition coefficient (Wildman–Crippen LogP) is 4.20. The van der Waals surface area contributed by atoms with E-state index in [1.807, 2.05) is 41.9 Å². The van der Waals surface area contributed by atoms with Gasteiger partial charge in [-0.2, -0.15) is 0 Å². The average Bonchev–Trinajstić information content (AvgIpc) is 3.01. The van der Waals surface area contributed by atoms with E-state index in [4.69, 9.17) is 10.5 Å². The number of nitrogens with two attached hydrogens (primary N) is 1. The van der Waals surface area contributed by atoms with Crippen LogP contribution in [0.4, 0.5) is 5.69 Å². The maximum absolute atomic E-state index is 6.11. The normalized spacial score (nSPS) is 10.6. The largest absolute Gasteiger partial charge is 0.487 e. The van der Waals surface area contributed by atoms with Gasteiger partial charge in [0, 0.05) is 18.0 Å². The number of aromatic nitrogens is 1. The molecule has 0 aliphatic carbocycles. The van der Waals surface area contributed by atoms with Crippen molar-refractivity contribution >= 4 is 17.0 Å². The van der Waals surface area contributed by atoms with Gasteiger partial charge in [-0.25, -0.2) is 4.98 Å². The molecule has 1 heterocycles. The summed E-state index contributed by atoms with van der Waals surface area (Å²) in [6.45, 7) is 2.61. The van der Waals surface area contributed by atoms with E-state index in [1.165, 1.54) is 11.1 Å². The first-order valence-corrected chi connectivity index (χ1v) is 8.04. The van der Waals surface area contributed by atoms with Gasteiger partial charge >= 0.3 is 0 Å². The summed E-state index contributed by atoms with van der Waals surface area (Å²) in [6, 6.07) is 14.2. The number of ether oxygens (including phenoxy) is 1. The molecule has 0 spiro atoms. The van der Waals surface area contributed by atoms with Crippen LogP contribution in [0.3, 0.4) is 0 Å². The van der Waals surface area contributed by atoms with Gasteiger partial charge in [0.2, 0.25) is 0 Å². The van der Waals surface area contributed by atoms with E-state index in [1.54, 1.807) is 11.3 Å². The van der Waals surface area contributed by atoms with E-state index >= 15 is 0 Å². The minimum absolute atomic E-state index is 0.530. The van der Waals surface area contributed by atoms with Gasteiger partial charge in [0.1, 0.15) is 12.4 Å². The topological polar surface area (TPSA) is 48.1 Å². The summed E-state index contributed by atoms with van der Waals surface area (Å²) in [5.74, 6) is 0.728. The van der Waals surface area contributed by atoms with E-state index in [-0.39, 0.29) is 0 Å². The lowest BCUT2D eigenvalue weighted by molar-refractivity contribution is 0.307. The number of thiazole rings is 1. The highest BCUT2D eigenvalue weighted by molar-refractivity contribution is 7.09. The Kier molecular flexibility index (Phi) is 4.39. The van der Waals surface area contributed by atoms with Gasteiger partial charge in [0.15, 0.2) is 0 Å². The van der Waals surface area contributed by atoms with Gasteiger partial charge < -0.3 is 10.5 Å². The summed E-state index contributed by atoms with van der Waals surface area (Å²) in [4.78, 5) is 4.30. The molecule has 0 aliphatic rings. The Morgan fingerprint density at radius 1 is 1.18 bits per heavy atom. The summed E-state index contributed by atoms with van der Waals surface area (Å²) in [6.07, 6.45) is 2.63. The molecule has 0 fully saturated rings. The third-order valence-electron chi connectivity index (χ3n) is 3.56. The molecule has 0 aliphatic heterocycles. The molecule has 3 nitrogen and oxygen atoms in total. The second kappa shape index (κ2) is 6.62. The number of aryl methyl sites for hydroxylation is 1. The van der Waals surface area contributed by atoms with E-state index in [0.29, 0.717) is 12.3 Å². The third kappa shape index (κ3) is 3.46. The Bertz CT molecular complexity index is 754. The quantitative estimate of drug-likeness (QED) is 0.718. The van der Waals surface area contributed by atoms with Gasteiger partial charge in [-0.1, -0.05) is 30.3 Å². The van der Waals surface area contributed by atoms with Crippen molar-refractivity contribution in [2.75, 3.05) is 5.73 Å². The predicted molar refractivity (Wildman–Crippen MR) is 91.3 cm³/mol. The standard InChI is InChI=1S/C18H18N2OS/c1-13-4-2-3-5-15(13)12-21-17-7-6-14(10-16(17)19)11-18-20-8-9-22-18/h2-10H,11-12,19H2,1H3. The number of benzene rings is 2. The van der Waals surface area contributed by atoms with Crippen LogP contribution in [0.2, 0.25) is 0 Å². The van der Waals surface area contributed by atoms with Crippen LogP contribution in [0.25, 0.3) is 0 Å². The first-order valence-electron chi connectivity index (χ1n) is 7.16. The Hall–Kier alpha value is -2.33. The third-order valence-corrected chi connectivity index (χ3v) is 4.34. The van der Waals surface area contributed by atoms with Gasteiger partial charge in [0.25, 0.3) is 0 Å². The fourth-order valence-corrected chi connectivity index (χ4v) is 2.93. The lowest BCUT2D eigenvalue weighted by Crippen LogP contribution is -2.01. The van der Waals surface area contributed by atoms with Crippen LogP contribution in [-0.2, 0) is 13.0 Å². The highest BCUT2D eigenvalue weighted by atomic mass is 32.1. The fraction of sp³-hybridized carbons (Fsp3) is 0.167. The first kappa shape index (κ1) is 14.6. The smallest absolute Gasteiger partial charge is 0.142 e. The molecule has 0 radical (unpaired) electrons.